The molecule has 4 nitrogen and oxygen atoms in total. The standard InChI is InChI=1S/C15H22N2O2/c1-16-7-3-5-11-9-12-13(17(2)18)6-4-8-19-15(12)10-14(11)16/h9-10,13,18H,3-8H2,1-2H3. The Hall–Kier alpha value is -1.26. The predicted octanol–water partition coefficient (Wildman–Crippen LogP) is 2.60. The third kappa shape index (κ3) is 2.30. The van der Waals surface area contributed by atoms with Crippen LogP contribution in [0.15, 0.2) is 12.1 Å². The molecule has 0 saturated heterocycles. The Morgan fingerprint density at radius 3 is 3.00 bits per heavy atom. The topological polar surface area (TPSA) is 35.9 Å². The van der Waals surface area contributed by atoms with Gasteiger partial charge in [-0.15, -0.1) is 0 Å². The van der Waals surface area contributed by atoms with Crippen LogP contribution < -0.4 is 9.64 Å². The number of aryl methyl sites for hydroxylation is 1. The predicted molar refractivity (Wildman–Crippen MR) is 75.1 cm³/mol. The van der Waals surface area contributed by atoms with Gasteiger partial charge in [-0.1, -0.05) is 0 Å². The van der Waals surface area contributed by atoms with Gasteiger partial charge < -0.3 is 14.8 Å². The van der Waals surface area contributed by atoms with Crippen LogP contribution in [0.1, 0.15) is 36.4 Å². The number of fused-ring (bicyclic) bond motifs is 2. The molecule has 3 rings (SSSR count). The average molecular weight is 262 g/mol. The van der Waals surface area contributed by atoms with Crippen LogP contribution in [0.3, 0.4) is 0 Å². The average Bonchev–Trinajstić information content (AvgIpc) is 2.59. The zero-order valence-corrected chi connectivity index (χ0v) is 11.7. The van der Waals surface area contributed by atoms with Gasteiger partial charge in [0.25, 0.3) is 0 Å². The van der Waals surface area contributed by atoms with E-state index in [-0.39, 0.29) is 6.04 Å². The highest BCUT2D eigenvalue weighted by Crippen LogP contribution is 2.40. The second-order valence-electron chi connectivity index (χ2n) is 5.62. The molecule has 1 N–H and O–H groups in total. The summed E-state index contributed by atoms with van der Waals surface area (Å²) in [5, 5.41) is 11.2. The van der Waals surface area contributed by atoms with E-state index in [9.17, 15) is 5.21 Å². The van der Waals surface area contributed by atoms with E-state index in [0.29, 0.717) is 0 Å². The molecule has 0 spiro atoms. The molecule has 2 aliphatic heterocycles. The van der Waals surface area contributed by atoms with Gasteiger partial charge in [0.2, 0.25) is 0 Å². The maximum atomic E-state index is 9.87. The number of rotatable bonds is 1. The molecule has 1 atom stereocenters. The minimum absolute atomic E-state index is 0.0510. The molecular formula is C15H22N2O2. The van der Waals surface area contributed by atoms with Crippen molar-refractivity contribution in [1.82, 2.24) is 5.06 Å². The molecule has 0 radical (unpaired) electrons. The second kappa shape index (κ2) is 5.02. The molecule has 19 heavy (non-hydrogen) atoms. The Labute approximate surface area is 114 Å². The number of anilines is 1. The number of hydroxylamine groups is 2. The summed E-state index contributed by atoms with van der Waals surface area (Å²) in [6.07, 6.45) is 4.23. The van der Waals surface area contributed by atoms with Crippen LogP contribution in [0.25, 0.3) is 0 Å². The van der Waals surface area contributed by atoms with Crippen molar-refractivity contribution >= 4 is 5.69 Å². The first-order valence-corrected chi connectivity index (χ1v) is 7.09. The molecule has 2 aliphatic rings. The fourth-order valence-corrected chi connectivity index (χ4v) is 3.20. The van der Waals surface area contributed by atoms with Gasteiger partial charge in [-0.05, 0) is 37.3 Å². The van der Waals surface area contributed by atoms with E-state index in [2.05, 4.69) is 24.1 Å². The molecule has 2 heterocycles. The third-order valence-electron chi connectivity index (χ3n) is 4.25. The van der Waals surface area contributed by atoms with Crippen molar-refractivity contribution in [1.29, 1.82) is 0 Å². The molecule has 4 heteroatoms. The minimum Gasteiger partial charge on any atom is -0.493 e. The van der Waals surface area contributed by atoms with E-state index < -0.39 is 0 Å². The minimum atomic E-state index is 0.0510. The molecule has 0 fully saturated rings. The summed E-state index contributed by atoms with van der Waals surface area (Å²) >= 11 is 0. The smallest absolute Gasteiger partial charge is 0.126 e. The Morgan fingerprint density at radius 2 is 2.21 bits per heavy atom. The van der Waals surface area contributed by atoms with Gasteiger partial charge in [-0.2, -0.15) is 5.06 Å². The number of benzene rings is 1. The molecule has 1 unspecified atom stereocenters. The number of nitrogens with zero attached hydrogens (tertiary/aromatic N) is 2. The van der Waals surface area contributed by atoms with Crippen LogP contribution in [0.5, 0.6) is 5.75 Å². The zero-order chi connectivity index (χ0) is 13.4. The number of hydrogen-bond donors (Lipinski definition) is 1. The van der Waals surface area contributed by atoms with Gasteiger partial charge >= 0.3 is 0 Å². The van der Waals surface area contributed by atoms with Crippen LogP contribution in [0.4, 0.5) is 5.69 Å². The first-order valence-electron chi connectivity index (χ1n) is 7.09. The van der Waals surface area contributed by atoms with Crippen molar-refractivity contribution in [3.8, 4) is 5.75 Å². The van der Waals surface area contributed by atoms with E-state index in [1.165, 1.54) is 22.7 Å². The van der Waals surface area contributed by atoms with Gasteiger partial charge in [0.1, 0.15) is 5.75 Å². The van der Waals surface area contributed by atoms with Crippen LogP contribution >= 0.6 is 0 Å². The van der Waals surface area contributed by atoms with Gasteiger partial charge in [0, 0.05) is 38.0 Å². The lowest BCUT2D eigenvalue weighted by atomic mass is 9.94. The maximum absolute atomic E-state index is 9.87. The molecular weight excluding hydrogens is 240 g/mol. The molecule has 0 aliphatic carbocycles. The van der Waals surface area contributed by atoms with E-state index >= 15 is 0 Å². The van der Waals surface area contributed by atoms with E-state index in [0.717, 1.165) is 43.7 Å². The summed E-state index contributed by atoms with van der Waals surface area (Å²) in [6, 6.07) is 4.45. The molecule has 0 aromatic heterocycles. The molecule has 104 valence electrons. The summed E-state index contributed by atoms with van der Waals surface area (Å²) in [5.74, 6) is 0.941. The zero-order valence-electron chi connectivity index (χ0n) is 11.7. The summed E-state index contributed by atoms with van der Waals surface area (Å²) in [6.45, 7) is 1.84. The lowest BCUT2D eigenvalue weighted by molar-refractivity contribution is -0.106. The van der Waals surface area contributed by atoms with Crippen molar-refractivity contribution in [2.24, 2.45) is 0 Å². The summed E-state index contributed by atoms with van der Waals surface area (Å²) in [7, 11) is 3.86. The van der Waals surface area contributed by atoms with Gasteiger partial charge in [-0.3, -0.25) is 0 Å². The number of hydrogen-bond acceptors (Lipinski definition) is 4. The number of ether oxygens (including phenoxy) is 1. The highest BCUT2D eigenvalue weighted by atomic mass is 16.5. The van der Waals surface area contributed by atoms with Crippen LogP contribution in [-0.4, -0.2) is 37.5 Å². The summed E-state index contributed by atoms with van der Waals surface area (Å²) < 4.78 is 5.88. The van der Waals surface area contributed by atoms with Crippen LogP contribution in [0, 0.1) is 0 Å². The lowest BCUT2D eigenvalue weighted by Gasteiger charge is -2.30. The normalized spacial score (nSPS) is 22.5. The highest BCUT2D eigenvalue weighted by molar-refractivity contribution is 5.61. The molecule has 0 saturated carbocycles. The van der Waals surface area contributed by atoms with Crippen LogP contribution in [-0.2, 0) is 6.42 Å². The molecule has 1 aromatic rings. The maximum Gasteiger partial charge on any atom is 0.126 e. The first-order chi connectivity index (χ1) is 9.16. The lowest BCUT2D eigenvalue weighted by Crippen LogP contribution is -2.26. The summed E-state index contributed by atoms with van der Waals surface area (Å²) in [5.41, 5.74) is 3.80. The highest BCUT2D eigenvalue weighted by Gasteiger charge is 2.26. The molecule has 1 aromatic carbocycles. The van der Waals surface area contributed by atoms with Crippen molar-refractivity contribution in [2.45, 2.75) is 31.7 Å². The van der Waals surface area contributed by atoms with Crippen molar-refractivity contribution in [2.75, 3.05) is 32.1 Å². The Balaban J connectivity index is 2.07. The van der Waals surface area contributed by atoms with Crippen molar-refractivity contribution in [3.05, 3.63) is 23.3 Å². The van der Waals surface area contributed by atoms with Crippen molar-refractivity contribution < 1.29 is 9.94 Å². The summed E-state index contributed by atoms with van der Waals surface area (Å²) in [4.78, 5) is 2.30. The largest absolute Gasteiger partial charge is 0.493 e. The SMILES string of the molecule is CN1CCCc2cc3c(cc21)OCCCC3N(C)O. The monoisotopic (exact) mass is 262 g/mol. The Kier molecular flexibility index (Phi) is 3.37. The van der Waals surface area contributed by atoms with E-state index in [4.69, 9.17) is 4.74 Å². The van der Waals surface area contributed by atoms with Gasteiger partial charge in [-0.25, -0.2) is 0 Å². The van der Waals surface area contributed by atoms with Crippen molar-refractivity contribution in [3.63, 3.8) is 0 Å². The Bertz CT molecular complexity index is 473. The first kappa shape index (κ1) is 12.8. The Morgan fingerprint density at radius 1 is 1.37 bits per heavy atom. The van der Waals surface area contributed by atoms with E-state index in [1.54, 1.807) is 7.05 Å². The van der Waals surface area contributed by atoms with Gasteiger partial charge in [0.15, 0.2) is 0 Å². The second-order valence-corrected chi connectivity index (χ2v) is 5.62. The van der Waals surface area contributed by atoms with Crippen LogP contribution in [0.2, 0.25) is 0 Å². The molecule has 0 amide bonds. The third-order valence-corrected chi connectivity index (χ3v) is 4.25. The van der Waals surface area contributed by atoms with Gasteiger partial charge in [0.05, 0.1) is 12.6 Å². The fraction of sp³-hybridized carbons (Fsp3) is 0.600. The van der Waals surface area contributed by atoms with E-state index in [1.807, 2.05) is 0 Å². The quantitative estimate of drug-likeness (QED) is 0.789. The fourth-order valence-electron chi connectivity index (χ4n) is 3.20. The molecule has 0 bridgehead atoms.